The van der Waals surface area contributed by atoms with E-state index in [2.05, 4.69) is 10.3 Å². The van der Waals surface area contributed by atoms with Crippen molar-refractivity contribution in [2.24, 2.45) is 10.7 Å². The average Bonchev–Trinajstić information content (AvgIpc) is 2.60. The number of aliphatic imine (C=N–C) groups is 1. The van der Waals surface area contributed by atoms with E-state index in [-0.39, 0.29) is 11.4 Å². The van der Waals surface area contributed by atoms with Gasteiger partial charge in [0.15, 0.2) is 0 Å². The minimum Gasteiger partial charge on any atom is -0.478 e. The zero-order chi connectivity index (χ0) is 16.9. The number of urea groups is 1. The van der Waals surface area contributed by atoms with Gasteiger partial charge in [-0.25, -0.2) is 19.5 Å². The fourth-order valence-corrected chi connectivity index (χ4v) is 2.21. The third-order valence-corrected chi connectivity index (χ3v) is 3.14. The number of guanidine groups is 1. The van der Waals surface area contributed by atoms with Crippen molar-refractivity contribution in [1.29, 1.82) is 0 Å². The first-order valence-corrected chi connectivity index (χ1v) is 6.16. The van der Waals surface area contributed by atoms with Crippen molar-refractivity contribution in [3.8, 4) is 0 Å². The van der Waals surface area contributed by atoms with E-state index < -0.39 is 41.5 Å². The molecule has 0 radical (unpaired) electrons. The van der Waals surface area contributed by atoms with Gasteiger partial charge in [0.2, 0.25) is 5.96 Å². The number of halogens is 3. The molecule has 8 nitrogen and oxygen atoms in total. The topological polar surface area (TPSA) is 111 Å². The molecule has 1 saturated heterocycles. The van der Waals surface area contributed by atoms with Gasteiger partial charge in [0.1, 0.15) is 6.17 Å². The van der Waals surface area contributed by atoms with Crippen LogP contribution in [0.25, 0.3) is 0 Å². The van der Waals surface area contributed by atoms with Gasteiger partial charge in [-0.3, -0.25) is 4.90 Å². The van der Waals surface area contributed by atoms with E-state index in [0.717, 1.165) is 11.1 Å². The summed E-state index contributed by atoms with van der Waals surface area (Å²) in [5, 5.41) is 11.4. The Labute approximate surface area is 123 Å². The van der Waals surface area contributed by atoms with E-state index in [1.54, 1.807) is 13.8 Å². The zero-order valence-corrected chi connectivity index (χ0v) is 11.7. The maximum absolute atomic E-state index is 13.2. The number of nitrogens with one attached hydrogen (secondary N) is 1. The van der Waals surface area contributed by atoms with Crippen molar-refractivity contribution < 1.29 is 27.9 Å². The molecule has 1 unspecified atom stereocenters. The fraction of sp³-hybridized carbons (Fsp3) is 0.545. The minimum absolute atomic E-state index is 0.0692. The number of rotatable bonds is 1. The van der Waals surface area contributed by atoms with E-state index in [1.165, 1.54) is 0 Å². The Balaban J connectivity index is 2.47. The highest BCUT2D eigenvalue weighted by Gasteiger charge is 2.51. The summed E-state index contributed by atoms with van der Waals surface area (Å²) in [4.78, 5) is 26.7. The lowest BCUT2D eigenvalue weighted by Crippen LogP contribution is -2.61. The van der Waals surface area contributed by atoms with Crippen LogP contribution in [0.2, 0.25) is 0 Å². The second-order valence-corrected chi connectivity index (χ2v) is 5.50. The van der Waals surface area contributed by atoms with E-state index >= 15 is 0 Å². The Morgan fingerprint density at radius 2 is 2.14 bits per heavy atom. The van der Waals surface area contributed by atoms with Crippen molar-refractivity contribution in [2.75, 3.05) is 6.54 Å². The number of aliphatic carboxylic acids is 1. The molecule has 0 aromatic carbocycles. The summed E-state index contributed by atoms with van der Waals surface area (Å²) in [5.74, 6) is -2.37. The van der Waals surface area contributed by atoms with Crippen LogP contribution in [-0.2, 0) is 4.79 Å². The molecule has 2 aliphatic rings. The number of hydrogen-bond donors (Lipinski definition) is 3. The molecular weight excluding hydrogens is 307 g/mol. The molecule has 1 atom stereocenters. The normalized spacial score (nSPS) is 24.8. The predicted octanol–water partition coefficient (Wildman–Crippen LogP) is 0.235. The standard InChI is InChI=1S/C11H14F3N5O3/c1-10(2)4-18(9(22)17-10)8-16-3-5(7(20)21)6(15)19(8)11(12,13)14/h3,6H,4,15H2,1-2H3,(H,17,22)(H,20,21). The molecule has 11 heteroatoms. The van der Waals surface area contributed by atoms with Crippen molar-refractivity contribution >= 4 is 18.0 Å². The lowest BCUT2D eigenvalue weighted by Gasteiger charge is -2.37. The van der Waals surface area contributed by atoms with Crippen LogP contribution in [0.4, 0.5) is 18.0 Å². The Morgan fingerprint density at radius 3 is 2.55 bits per heavy atom. The first-order valence-electron chi connectivity index (χ1n) is 6.16. The minimum atomic E-state index is -5.00. The Morgan fingerprint density at radius 1 is 1.55 bits per heavy atom. The molecule has 1 fully saturated rings. The van der Waals surface area contributed by atoms with Gasteiger partial charge in [0, 0.05) is 6.20 Å². The van der Waals surface area contributed by atoms with Gasteiger partial charge in [-0.1, -0.05) is 0 Å². The Hall–Kier alpha value is -2.30. The molecule has 0 aromatic heterocycles. The SMILES string of the molecule is CC1(C)CN(C2=NC=C(C(=O)O)C(N)N2C(F)(F)F)C(=O)N1. The number of alkyl halides is 3. The molecule has 2 aliphatic heterocycles. The van der Waals surface area contributed by atoms with Crippen LogP contribution in [0.5, 0.6) is 0 Å². The molecule has 0 aliphatic carbocycles. The van der Waals surface area contributed by atoms with Crippen molar-refractivity contribution in [2.45, 2.75) is 31.9 Å². The van der Waals surface area contributed by atoms with E-state index in [0.29, 0.717) is 0 Å². The van der Waals surface area contributed by atoms with Crippen LogP contribution < -0.4 is 11.1 Å². The first kappa shape index (κ1) is 16.1. The fourth-order valence-electron chi connectivity index (χ4n) is 2.21. The zero-order valence-electron chi connectivity index (χ0n) is 11.7. The molecule has 0 aromatic rings. The van der Waals surface area contributed by atoms with Crippen LogP contribution in [-0.4, -0.2) is 57.4 Å². The molecule has 22 heavy (non-hydrogen) atoms. The molecule has 0 spiro atoms. The second kappa shape index (κ2) is 4.87. The van der Waals surface area contributed by atoms with Gasteiger partial charge in [-0.05, 0) is 13.8 Å². The summed E-state index contributed by atoms with van der Waals surface area (Å²) in [5.41, 5.74) is 3.92. The molecule has 0 bridgehead atoms. The number of nitrogens with two attached hydrogens (primary N) is 1. The number of carboxylic acids is 1. The van der Waals surface area contributed by atoms with Gasteiger partial charge < -0.3 is 16.2 Å². The highest BCUT2D eigenvalue weighted by molar-refractivity contribution is 6.01. The van der Waals surface area contributed by atoms with Crippen LogP contribution in [0, 0.1) is 0 Å². The molecule has 122 valence electrons. The molecule has 0 saturated carbocycles. The summed E-state index contributed by atoms with van der Waals surface area (Å²) >= 11 is 0. The van der Waals surface area contributed by atoms with Gasteiger partial charge >= 0.3 is 18.3 Å². The van der Waals surface area contributed by atoms with Crippen molar-refractivity contribution in [1.82, 2.24) is 15.1 Å². The molecule has 2 rings (SSSR count). The predicted molar refractivity (Wildman–Crippen MR) is 68.3 cm³/mol. The Kier molecular flexibility index (Phi) is 3.56. The smallest absolute Gasteiger partial charge is 0.478 e. The van der Waals surface area contributed by atoms with E-state index in [4.69, 9.17) is 10.8 Å². The van der Waals surface area contributed by atoms with E-state index in [1.807, 2.05) is 0 Å². The highest BCUT2D eigenvalue weighted by Crippen LogP contribution is 2.30. The number of carboxylic acid groups (broad SMARTS) is 1. The summed E-state index contributed by atoms with van der Waals surface area (Å²) in [7, 11) is 0. The maximum Gasteiger partial charge on any atom is 0.488 e. The van der Waals surface area contributed by atoms with Crippen LogP contribution in [0.15, 0.2) is 16.8 Å². The van der Waals surface area contributed by atoms with Crippen molar-refractivity contribution in [3.05, 3.63) is 11.8 Å². The largest absolute Gasteiger partial charge is 0.488 e. The lowest BCUT2D eigenvalue weighted by atomic mass is 10.1. The number of carbonyl (C=O) groups excluding carboxylic acids is 1. The van der Waals surface area contributed by atoms with E-state index in [9.17, 15) is 22.8 Å². The number of amides is 2. The third kappa shape index (κ3) is 2.71. The van der Waals surface area contributed by atoms with Gasteiger partial charge in [-0.15, -0.1) is 13.2 Å². The quantitative estimate of drug-likeness (QED) is 0.599. The summed E-state index contributed by atoms with van der Waals surface area (Å²) in [6, 6.07) is -0.766. The number of nitrogens with zero attached hydrogens (tertiary/aromatic N) is 3. The molecule has 4 N–H and O–H groups in total. The maximum atomic E-state index is 13.2. The highest BCUT2D eigenvalue weighted by atomic mass is 19.4. The molecule has 2 amide bonds. The number of carbonyl (C=O) groups is 2. The van der Waals surface area contributed by atoms with Gasteiger partial charge in [0.05, 0.1) is 17.7 Å². The molecule has 2 heterocycles. The van der Waals surface area contributed by atoms with Gasteiger partial charge in [-0.2, -0.15) is 0 Å². The lowest BCUT2D eigenvalue weighted by molar-refractivity contribution is -0.228. The second-order valence-electron chi connectivity index (χ2n) is 5.50. The van der Waals surface area contributed by atoms with Crippen LogP contribution in [0.1, 0.15) is 13.8 Å². The van der Waals surface area contributed by atoms with Crippen molar-refractivity contribution in [3.63, 3.8) is 0 Å². The van der Waals surface area contributed by atoms with Crippen LogP contribution >= 0.6 is 0 Å². The van der Waals surface area contributed by atoms with Crippen LogP contribution in [0.3, 0.4) is 0 Å². The Bertz CT molecular complexity index is 584. The number of hydrogen-bond acceptors (Lipinski definition) is 5. The molecular formula is C11H14F3N5O3. The monoisotopic (exact) mass is 321 g/mol. The average molecular weight is 321 g/mol. The summed E-state index contributed by atoms with van der Waals surface area (Å²) in [6.45, 7) is 3.19. The summed E-state index contributed by atoms with van der Waals surface area (Å²) < 4.78 is 39.7. The summed E-state index contributed by atoms with van der Waals surface area (Å²) in [6.07, 6.45) is -6.27. The first-order chi connectivity index (χ1) is 9.94. The van der Waals surface area contributed by atoms with Gasteiger partial charge in [0.25, 0.3) is 0 Å². The third-order valence-electron chi connectivity index (χ3n) is 3.14.